The molecule has 0 aromatic heterocycles. The number of halogens is 1. The van der Waals surface area contributed by atoms with Gasteiger partial charge in [0.05, 0.1) is 18.6 Å². The minimum absolute atomic E-state index is 0.0474. The highest BCUT2D eigenvalue weighted by Crippen LogP contribution is 2.35. The van der Waals surface area contributed by atoms with Crippen LogP contribution in [0.25, 0.3) is 0 Å². The first-order valence-electron chi connectivity index (χ1n) is 5.95. The van der Waals surface area contributed by atoms with Gasteiger partial charge in [0.15, 0.2) is 0 Å². The van der Waals surface area contributed by atoms with Crippen molar-refractivity contribution in [3.8, 4) is 5.75 Å². The quantitative estimate of drug-likeness (QED) is 0.785. The summed E-state index contributed by atoms with van der Waals surface area (Å²) in [5.74, 6) is -3.58. The van der Waals surface area contributed by atoms with Gasteiger partial charge in [0.2, 0.25) is 11.8 Å². The second kappa shape index (κ2) is 5.28. The maximum atomic E-state index is 14.4. The molecule has 1 fully saturated rings. The highest BCUT2D eigenvalue weighted by atomic mass is 19.1. The minimum Gasteiger partial charge on any atom is -0.496 e. The zero-order valence-corrected chi connectivity index (χ0v) is 10.7. The summed E-state index contributed by atoms with van der Waals surface area (Å²) in [6, 6.07) is 2.58. The van der Waals surface area contributed by atoms with E-state index in [2.05, 4.69) is 5.32 Å². The van der Waals surface area contributed by atoms with Crippen molar-refractivity contribution in [3.63, 3.8) is 0 Å². The fraction of sp³-hybridized carbons (Fsp3) is 0.308. The van der Waals surface area contributed by atoms with Gasteiger partial charge in [0.1, 0.15) is 11.6 Å². The maximum Gasteiger partial charge on any atom is 0.251 e. The van der Waals surface area contributed by atoms with E-state index in [0.717, 1.165) is 0 Å². The molecular formula is C13H13FN2O4. The highest BCUT2D eigenvalue weighted by Gasteiger charge is 2.33. The third-order valence-corrected chi connectivity index (χ3v) is 3.21. The van der Waals surface area contributed by atoms with E-state index < -0.39 is 29.5 Å². The maximum absolute atomic E-state index is 14.4. The molecule has 0 aliphatic carbocycles. The number of hydrogen-bond acceptors (Lipinski definition) is 4. The van der Waals surface area contributed by atoms with E-state index >= 15 is 0 Å². The molecule has 1 atom stereocenters. The Morgan fingerprint density at radius 2 is 2.15 bits per heavy atom. The van der Waals surface area contributed by atoms with E-state index in [4.69, 9.17) is 10.5 Å². The second-order valence-corrected chi connectivity index (χ2v) is 4.41. The van der Waals surface area contributed by atoms with Gasteiger partial charge in [-0.15, -0.1) is 0 Å². The fourth-order valence-electron chi connectivity index (χ4n) is 2.24. The van der Waals surface area contributed by atoms with Crippen LogP contribution >= 0.6 is 0 Å². The van der Waals surface area contributed by atoms with Gasteiger partial charge in [-0.05, 0) is 18.6 Å². The van der Waals surface area contributed by atoms with Crippen molar-refractivity contribution in [1.29, 1.82) is 0 Å². The van der Waals surface area contributed by atoms with Crippen LogP contribution in [-0.2, 0) is 9.59 Å². The molecular weight excluding hydrogens is 267 g/mol. The van der Waals surface area contributed by atoms with E-state index in [9.17, 15) is 18.8 Å². The summed E-state index contributed by atoms with van der Waals surface area (Å²) in [4.78, 5) is 34.1. The van der Waals surface area contributed by atoms with Gasteiger partial charge in [-0.1, -0.05) is 0 Å². The van der Waals surface area contributed by atoms with Crippen LogP contribution in [0.1, 0.15) is 34.7 Å². The molecule has 3 amide bonds. The van der Waals surface area contributed by atoms with E-state index in [1.807, 2.05) is 0 Å². The number of imide groups is 1. The van der Waals surface area contributed by atoms with Crippen molar-refractivity contribution in [2.75, 3.05) is 7.11 Å². The largest absolute Gasteiger partial charge is 0.496 e. The van der Waals surface area contributed by atoms with Crippen molar-refractivity contribution < 1.29 is 23.5 Å². The molecule has 6 nitrogen and oxygen atoms in total. The van der Waals surface area contributed by atoms with Crippen molar-refractivity contribution in [2.24, 2.45) is 5.73 Å². The number of carbonyl (C=O) groups excluding carboxylic acids is 3. The normalized spacial score (nSPS) is 18.6. The molecule has 0 radical (unpaired) electrons. The van der Waals surface area contributed by atoms with E-state index in [1.54, 1.807) is 0 Å². The summed E-state index contributed by atoms with van der Waals surface area (Å²) < 4.78 is 19.4. The zero-order chi connectivity index (χ0) is 14.9. The monoisotopic (exact) mass is 280 g/mol. The lowest BCUT2D eigenvalue weighted by Gasteiger charge is -2.23. The molecule has 106 valence electrons. The number of piperidine rings is 1. The van der Waals surface area contributed by atoms with Gasteiger partial charge in [0.25, 0.3) is 5.91 Å². The minimum atomic E-state index is -0.932. The van der Waals surface area contributed by atoms with Crippen LogP contribution in [0.3, 0.4) is 0 Å². The third kappa shape index (κ3) is 2.34. The van der Waals surface area contributed by atoms with Crippen molar-refractivity contribution in [3.05, 3.63) is 29.1 Å². The number of benzene rings is 1. The lowest BCUT2D eigenvalue weighted by Crippen LogP contribution is -2.40. The average Bonchev–Trinajstić information content (AvgIpc) is 2.39. The summed E-state index contributed by atoms with van der Waals surface area (Å²) >= 11 is 0. The zero-order valence-electron chi connectivity index (χ0n) is 10.7. The van der Waals surface area contributed by atoms with Crippen molar-refractivity contribution in [2.45, 2.75) is 18.8 Å². The van der Waals surface area contributed by atoms with E-state index in [0.29, 0.717) is 0 Å². The van der Waals surface area contributed by atoms with Gasteiger partial charge in [-0.2, -0.15) is 0 Å². The number of carbonyl (C=O) groups is 3. The molecule has 20 heavy (non-hydrogen) atoms. The van der Waals surface area contributed by atoms with Gasteiger partial charge < -0.3 is 10.5 Å². The predicted molar refractivity (Wildman–Crippen MR) is 66.6 cm³/mol. The lowest BCUT2D eigenvalue weighted by atomic mass is 9.88. The summed E-state index contributed by atoms with van der Waals surface area (Å²) in [5, 5.41) is 2.14. The van der Waals surface area contributed by atoms with Gasteiger partial charge in [-0.3, -0.25) is 19.7 Å². The van der Waals surface area contributed by atoms with Crippen LogP contribution in [-0.4, -0.2) is 24.8 Å². The number of methoxy groups -OCH3 is 1. The number of ether oxygens (including phenoxy) is 1. The summed E-state index contributed by atoms with van der Waals surface area (Å²) in [6.45, 7) is 0. The molecule has 3 N–H and O–H groups in total. The second-order valence-electron chi connectivity index (χ2n) is 4.41. The lowest BCUT2D eigenvalue weighted by molar-refractivity contribution is -0.134. The Kier molecular flexibility index (Phi) is 3.69. The number of amides is 3. The summed E-state index contributed by atoms with van der Waals surface area (Å²) in [6.07, 6.45) is 0.250. The number of hydrogen-bond donors (Lipinski definition) is 2. The average molecular weight is 280 g/mol. The number of rotatable bonds is 3. The molecule has 1 unspecified atom stereocenters. The molecule has 1 saturated heterocycles. The smallest absolute Gasteiger partial charge is 0.251 e. The Labute approximate surface area is 114 Å². The Morgan fingerprint density at radius 3 is 2.70 bits per heavy atom. The molecule has 0 saturated carbocycles. The van der Waals surface area contributed by atoms with Gasteiger partial charge in [0, 0.05) is 12.0 Å². The van der Waals surface area contributed by atoms with Crippen LogP contribution in [0.4, 0.5) is 4.39 Å². The van der Waals surface area contributed by atoms with Crippen molar-refractivity contribution in [1.82, 2.24) is 5.32 Å². The SMILES string of the molecule is COc1ccc(C(N)=O)c(F)c1C1CCC(=O)NC1=O. The fourth-order valence-corrected chi connectivity index (χ4v) is 2.24. The molecule has 1 aromatic carbocycles. The molecule has 7 heteroatoms. The van der Waals surface area contributed by atoms with Crippen LogP contribution in [0.2, 0.25) is 0 Å². The van der Waals surface area contributed by atoms with Gasteiger partial charge >= 0.3 is 0 Å². The standard InChI is InChI=1S/C13H13FN2O4/c1-20-8-4-2-7(12(15)18)11(14)10(8)6-3-5-9(17)16-13(6)19/h2,4,6H,3,5H2,1H3,(H2,15,18)(H,16,17,19). The summed E-state index contributed by atoms with van der Waals surface area (Å²) in [7, 11) is 1.33. The molecule has 1 aromatic rings. The number of nitrogens with two attached hydrogens (primary N) is 1. The molecule has 1 aliphatic rings. The highest BCUT2D eigenvalue weighted by molar-refractivity contribution is 6.01. The molecule has 1 aliphatic heterocycles. The number of primary amides is 1. The van der Waals surface area contributed by atoms with Crippen LogP contribution < -0.4 is 15.8 Å². The first-order valence-corrected chi connectivity index (χ1v) is 5.95. The van der Waals surface area contributed by atoms with Gasteiger partial charge in [-0.25, -0.2) is 4.39 Å². The predicted octanol–water partition coefficient (Wildman–Crippen LogP) is 0.453. The van der Waals surface area contributed by atoms with E-state index in [1.165, 1.54) is 19.2 Å². The topological polar surface area (TPSA) is 98.5 Å². The molecule has 1 heterocycles. The Hall–Kier alpha value is -2.44. The van der Waals surface area contributed by atoms with Crippen LogP contribution in [0.15, 0.2) is 12.1 Å². The Morgan fingerprint density at radius 1 is 1.45 bits per heavy atom. The van der Waals surface area contributed by atoms with Crippen LogP contribution in [0, 0.1) is 5.82 Å². The van der Waals surface area contributed by atoms with Crippen molar-refractivity contribution >= 4 is 17.7 Å². The summed E-state index contributed by atoms with van der Waals surface area (Å²) in [5.41, 5.74) is 4.73. The van der Waals surface area contributed by atoms with Crippen LogP contribution in [0.5, 0.6) is 5.75 Å². The van der Waals surface area contributed by atoms with E-state index in [-0.39, 0.29) is 29.7 Å². The third-order valence-electron chi connectivity index (χ3n) is 3.21. The molecule has 2 rings (SSSR count). The first-order chi connectivity index (χ1) is 9.45. The molecule has 0 bridgehead atoms. The number of nitrogens with one attached hydrogen (secondary N) is 1. The first kappa shape index (κ1) is 14.0. The Bertz CT molecular complexity index is 600. The Balaban J connectivity index is 2.53. The molecule has 0 spiro atoms.